The standard InChI is InChI=1S/C15H19N3O3/c1-14(2,3)11(19)9-18-12(20)15(4,17-13(18)21)10-7-5-6-8-16-10/h5-8H,9H2,1-4H3,(H,17,21). The molecule has 0 radical (unpaired) electrons. The van der Waals surface area contributed by atoms with Crippen LogP contribution in [-0.2, 0) is 15.1 Å². The lowest BCUT2D eigenvalue weighted by Crippen LogP contribution is -2.43. The van der Waals surface area contributed by atoms with Crippen LogP contribution >= 0.6 is 0 Å². The normalized spacial score (nSPS) is 22.4. The van der Waals surface area contributed by atoms with Crippen molar-refractivity contribution in [2.75, 3.05) is 6.54 Å². The number of rotatable bonds is 3. The van der Waals surface area contributed by atoms with Gasteiger partial charge in [-0.2, -0.15) is 0 Å². The van der Waals surface area contributed by atoms with Crippen molar-refractivity contribution in [3.05, 3.63) is 30.1 Å². The second-order valence-electron chi connectivity index (χ2n) is 6.33. The minimum atomic E-state index is -1.23. The lowest BCUT2D eigenvalue weighted by molar-refractivity contribution is -0.136. The van der Waals surface area contributed by atoms with Gasteiger partial charge in [0.2, 0.25) is 0 Å². The van der Waals surface area contributed by atoms with Gasteiger partial charge in [0.05, 0.1) is 12.2 Å². The highest BCUT2D eigenvalue weighted by Gasteiger charge is 2.50. The van der Waals surface area contributed by atoms with Crippen LogP contribution in [0.15, 0.2) is 24.4 Å². The number of nitrogens with zero attached hydrogens (tertiary/aromatic N) is 2. The van der Waals surface area contributed by atoms with Gasteiger partial charge < -0.3 is 5.32 Å². The Morgan fingerprint density at radius 3 is 2.52 bits per heavy atom. The van der Waals surface area contributed by atoms with Crippen LogP contribution in [0.5, 0.6) is 0 Å². The van der Waals surface area contributed by atoms with Crippen molar-refractivity contribution in [1.82, 2.24) is 15.2 Å². The summed E-state index contributed by atoms with van der Waals surface area (Å²) in [6, 6.07) is 4.59. The number of ketones is 1. The number of pyridine rings is 1. The van der Waals surface area contributed by atoms with E-state index in [0.717, 1.165) is 4.90 Å². The van der Waals surface area contributed by atoms with Gasteiger partial charge in [0.15, 0.2) is 11.3 Å². The number of hydrogen-bond acceptors (Lipinski definition) is 4. The van der Waals surface area contributed by atoms with Gasteiger partial charge in [-0.25, -0.2) is 4.79 Å². The topological polar surface area (TPSA) is 79.4 Å². The molecule has 3 amide bonds. The van der Waals surface area contributed by atoms with Crippen molar-refractivity contribution in [2.45, 2.75) is 33.2 Å². The van der Waals surface area contributed by atoms with Gasteiger partial charge in [-0.1, -0.05) is 26.8 Å². The first-order valence-corrected chi connectivity index (χ1v) is 6.75. The van der Waals surface area contributed by atoms with E-state index in [1.165, 1.54) is 0 Å². The molecule has 6 heteroatoms. The summed E-state index contributed by atoms with van der Waals surface area (Å²) in [5.41, 5.74) is -1.38. The van der Waals surface area contributed by atoms with E-state index in [2.05, 4.69) is 10.3 Å². The number of amides is 3. The molecule has 0 aliphatic carbocycles. The average molecular weight is 289 g/mol. The molecule has 6 nitrogen and oxygen atoms in total. The highest BCUT2D eigenvalue weighted by Crippen LogP contribution is 2.28. The largest absolute Gasteiger partial charge is 0.325 e. The quantitative estimate of drug-likeness (QED) is 0.854. The zero-order valence-corrected chi connectivity index (χ0v) is 12.6. The fourth-order valence-electron chi connectivity index (χ4n) is 2.05. The molecule has 1 atom stereocenters. The molecule has 1 saturated heterocycles. The van der Waals surface area contributed by atoms with Gasteiger partial charge >= 0.3 is 6.03 Å². The van der Waals surface area contributed by atoms with Crippen LogP contribution in [0.4, 0.5) is 4.79 Å². The predicted octanol–water partition coefficient (Wildman–Crippen LogP) is 1.46. The van der Waals surface area contributed by atoms with E-state index in [1.54, 1.807) is 52.1 Å². The molecule has 1 N–H and O–H groups in total. The Balaban J connectivity index is 2.27. The fourth-order valence-corrected chi connectivity index (χ4v) is 2.05. The molecule has 0 saturated carbocycles. The molecule has 1 aliphatic rings. The maximum atomic E-state index is 12.6. The highest BCUT2D eigenvalue weighted by molar-refractivity contribution is 6.09. The molecular formula is C15H19N3O3. The first-order chi connectivity index (χ1) is 9.66. The summed E-state index contributed by atoms with van der Waals surface area (Å²) in [5.74, 6) is -0.625. The van der Waals surface area contributed by atoms with Crippen LogP contribution in [-0.4, -0.2) is 34.2 Å². The van der Waals surface area contributed by atoms with Crippen LogP contribution in [0.1, 0.15) is 33.4 Å². The molecule has 1 aromatic heterocycles. The summed E-state index contributed by atoms with van der Waals surface area (Å²) in [6.45, 7) is 6.64. The molecule has 21 heavy (non-hydrogen) atoms. The molecule has 1 aromatic rings. The van der Waals surface area contributed by atoms with Crippen LogP contribution in [0, 0.1) is 5.41 Å². The Morgan fingerprint density at radius 2 is 2.00 bits per heavy atom. The second kappa shape index (κ2) is 4.95. The van der Waals surface area contributed by atoms with E-state index in [4.69, 9.17) is 0 Å². The van der Waals surface area contributed by atoms with Crippen LogP contribution in [0.3, 0.4) is 0 Å². The Kier molecular flexibility index (Phi) is 3.57. The number of hydrogen-bond donors (Lipinski definition) is 1. The molecule has 2 heterocycles. The third kappa shape index (κ3) is 2.66. The molecular weight excluding hydrogens is 270 g/mol. The van der Waals surface area contributed by atoms with Crippen molar-refractivity contribution < 1.29 is 14.4 Å². The van der Waals surface area contributed by atoms with Crippen LogP contribution in [0.25, 0.3) is 0 Å². The van der Waals surface area contributed by atoms with Gasteiger partial charge in [0.1, 0.15) is 0 Å². The number of imide groups is 1. The minimum Gasteiger partial charge on any atom is -0.318 e. The molecule has 0 spiro atoms. The predicted molar refractivity (Wildman–Crippen MR) is 76.3 cm³/mol. The third-order valence-corrected chi connectivity index (χ3v) is 3.59. The third-order valence-electron chi connectivity index (χ3n) is 3.59. The summed E-state index contributed by atoms with van der Waals surface area (Å²) in [4.78, 5) is 41.8. The van der Waals surface area contributed by atoms with E-state index < -0.39 is 22.9 Å². The Hall–Kier alpha value is -2.24. The maximum absolute atomic E-state index is 12.6. The lowest BCUT2D eigenvalue weighted by atomic mass is 9.90. The van der Waals surface area contributed by atoms with Crippen molar-refractivity contribution >= 4 is 17.7 Å². The summed E-state index contributed by atoms with van der Waals surface area (Å²) >= 11 is 0. The monoisotopic (exact) mass is 289 g/mol. The van der Waals surface area contributed by atoms with Crippen molar-refractivity contribution in [1.29, 1.82) is 0 Å². The number of Topliss-reactive ketones (excluding diaryl/α,β-unsaturated/α-hetero) is 1. The molecule has 0 bridgehead atoms. The van der Waals surface area contributed by atoms with Crippen LogP contribution in [0.2, 0.25) is 0 Å². The van der Waals surface area contributed by atoms with Gasteiger partial charge in [-0.3, -0.25) is 19.5 Å². The Bertz CT molecular complexity index is 592. The number of aromatic nitrogens is 1. The number of urea groups is 1. The molecule has 2 rings (SSSR count). The summed E-state index contributed by atoms with van der Waals surface area (Å²) in [6.07, 6.45) is 1.56. The smallest absolute Gasteiger partial charge is 0.318 e. The Labute approximate surface area is 123 Å². The Morgan fingerprint density at radius 1 is 1.33 bits per heavy atom. The zero-order chi connectivity index (χ0) is 15.8. The van der Waals surface area contributed by atoms with Gasteiger partial charge in [0.25, 0.3) is 5.91 Å². The van der Waals surface area contributed by atoms with E-state index >= 15 is 0 Å². The SMILES string of the molecule is CC(C)(C)C(=O)CN1C(=O)NC(C)(c2ccccn2)C1=O. The number of nitrogens with one attached hydrogen (secondary N) is 1. The molecule has 112 valence electrons. The number of carbonyl (C=O) groups excluding carboxylic acids is 3. The molecule has 1 aliphatic heterocycles. The van der Waals surface area contributed by atoms with Gasteiger partial charge in [0, 0.05) is 11.6 Å². The van der Waals surface area contributed by atoms with Gasteiger partial charge in [-0.15, -0.1) is 0 Å². The number of carbonyl (C=O) groups is 3. The maximum Gasteiger partial charge on any atom is 0.325 e. The van der Waals surface area contributed by atoms with Gasteiger partial charge in [-0.05, 0) is 19.1 Å². The van der Waals surface area contributed by atoms with E-state index in [9.17, 15) is 14.4 Å². The molecule has 0 aromatic carbocycles. The van der Waals surface area contributed by atoms with Crippen LogP contribution < -0.4 is 5.32 Å². The first kappa shape index (κ1) is 15.2. The minimum absolute atomic E-state index is 0.170. The summed E-state index contributed by atoms with van der Waals surface area (Å²) in [5, 5.41) is 2.63. The summed E-state index contributed by atoms with van der Waals surface area (Å²) < 4.78 is 0. The van der Waals surface area contributed by atoms with E-state index in [1.807, 2.05) is 0 Å². The summed E-state index contributed by atoms with van der Waals surface area (Å²) in [7, 11) is 0. The molecule has 1 unspecified atom stereocenters. The lowest BCUT2D eigenvalue weighted by Gasteiger charge is -2.22. The van der Waals surface area contributed by atoms with Crippen molar-refractivity contribution in [2.24, 2.45) is 5.41 Å². The first-order valence-electron chi connectivity index (χ1n) is 6.75. The average Bonchev–Trinajstić information content (AvgIpc) is 2.63. The van der Waals surface area contributed by atoms with Crippen molar-refractivity contribution in [3.63, 3.8) is 0 Å². The fraction of sp³-hybridized carbons (Fsp3) is 0.467. The highest BCUT2D eigenvalue weighted by atomic mass is 16.2. The van der Waals surface area contributed by atoms with Crippen molar-refractivity contribution in [3.8, 4) is 0 Å². The van der Waals surface area contributed by atoms with E-state index in [-0.39, 0.29) is 12.3 Å². The zero-order valence-electron chi connectivity index (χ0n) is 12.6. The molecule has 1 fully saturated rings. The second-order valence-corrected chi connectivity index (χ2v) is 6.33. The van der Waals surface area contributed by atoms with E-state index in [0.29, 0.717) is 5.69 Å².